The number of hydrogen-bond acceptors (Lipinski definition) is 4. The zero-order valence-electron chi connectivity index (χ0n) is 17.0. The van der Waals surface area contributed by atoms with Gasteiger partial charge in [-0.25, -0.2) is 0 Å². The second kappa shape index (κ2) is 8.48. The van der Waals surface area contributed by atoms with Crippen LogP contribution in [0.2, 0.25) is 0 Å². The highest BCUT2D eigenvalue weighted by Crippen LogP contribution is 2.37. The van der Waals surface area contributed by atoms with E-state index in [-0.39, 0.29) is 29.7 Å². The maximum atomic E-state index is 13.5. The summed E-state index contributed by atoms with van der Waals surface area (Å²) in [6, 6.07) is 23.0. The Bertz CT molecular complexity index is 1150. The van der Waals surface area contributed by atoms with E-state index in [1.54, 1.807) is 84.9 Å². The molecule has 0 fully saturated rings. The lowest BCUT2D eigenvalue weighted by Gasteiger charge is -2.29. The molecule has 3 aromatic rings. The van der Waals surface area contributed by atoms with E-state index in [4.69, 9.17) is 0 Å². The fraction of sp³-hybridized carbons (Fsp3) is 0.154. The number of hydrogen-bond donors (Lipinski definition) is 0. The fourth-order valence-corrected chi connectivity index (χ4v) is 4.15. The van der Waals surface area contributed by atoms with Crippen molar-refractivity contribution in [2.75, 3.05) is 4.90 Å². The number of fused-ring (bicyclic) bond motifs is 1. The number of carbonyl (C=O) groups is 4. The maximum Gasteiger partial charge on any atom is 0.224 e. The van der Waals surface area contributed by atoms with Crippen LogP contribution in [0.5, 0.6) is 0 Å². The van der Waals surface area contributed by atoms with Crippen LogP contribution in [0.1, 0.15) is 44.4 Å². The summed E-state index contributed by atoms with van der Waals surface area (Å²) in [5.41, 5.74) is 1.73. The third-order valence-corrected chi connectivity index (χ3v) is 5.59. The highest BCUT2D eigenvalue weighted by atomic mass is 16.2. The van der Waals surface area contributed by atoms with Gasteiger partial charge in [0.05, 0.1) is 11.6 Å². The van der Waals surface area contributed by atoms with Gasteiger partial charge in [-0.2, -0.15) is 0 Å². The average Bonchev–Trinajstić information content (AvgIpc) is 3.10. The Kier molecular flexibility index (Phi) is 5.58. The molecule has 0 bridgehead atoms. The minimum Gasteiger partial charge on any atom is -0.300 e. The van der Waals surface area contributed by atoms with Crippen molar-refractivity contribution < 1.29 is 19.2 Å². The van der Waals surface area contributed by atoms with Crippen LogP contribution in [0.15, 0.2) is 84.9 Å². The molecule has 2 unspecified atom stereocenters. The fourth-order valence-electron chi connectivity index (χ4n) is 4.15. The summed E-state index contributed by atoms with van der Waals surface area (Å²) in [7, 11) is 0. The van der Waals surface area contributed by atoms with Gasteiger partial charge in [-0.3, -0.25) is 19.2 Å². The highest BCUT2D eigenvalue weighted by molar-refractivity contribution is 6.20. The van der Waals surface area contributed by atoms with Gasteiger partial charge in [-0.1, -0.05) is 72.8 Å². The van der Waals surface area contributed by atoms with Gasteiger partial charge in [0.25, 0.3) is 0 Å². The number of nitrogens with zero attached hydrogens (tertiary/aromatic N) is 1. The van der Waals surface area contributed by atoms with Gasteiger partial charge < -0.3 is 4.90 Å². The third kappa shape index (κ3) is 3.82. The Morgan fingerprint density at radius 1 is 0.806 bits per heavy atom. The number of para-hydroxylation sites is 1. The number of Topliss-reactive ketones (excluding diaryl/α,β-unsaturated/α-hetero) is 3. The van der Waals surface area contributed by atoms with Crippen molar-refractivity contribution in [3.63, 3.8) is 0 Å². The normalized spacial score (nSPS) is 16.0. The standard InChI is InChI=1S/C26H21NO4/c1-17(28)27-22-15-9-8-14-20(22)26(31)24(27)21(25(30)19-12-6-3-7-13-19)16-23(29)18-10-4-2-5-11-18/h2-15,21,24H,16H2,1H3. The SMILES string of the molecule is CC(=O)N1c2ccccc2C(=O)C1C(CC(=O)c1ccccc1)C(=O)c1ccccc1. The van der Waals surface area contributed by atoms with Crippen LogP contribution < -0.4 is 4.90 Å². The first-order valence-electron chi connectivity index (χ1n) is 10.1. The van der Waals surface area contributed by atoms with Gasteiger partial charge in [0.1, 0.15) is 6.04 Å². The molecule has 3 aromatic carbocycles. The van der Waals surface area contributed by atoms with Gasteiger partial charge in [0, 0.05) is 30.0 Å². The lowest BCUT2D eigenvalue weighted by molar-refractivity contribution is -0.116. The molecule has 1 aliphatic heterocycles. The number of benzene rings is 3. The maximum absolute atomic E-state index is 13.5. The lowest BCUT2D eigenvalue weighted by Crippen LogP contribution is -2.47. The molecule has 0 saturated heterocycles. The molecule has 0 radical (unpaired) electrons. The summed E-state index contributed by atoms with van der Waals surface area (Å²) in [5.74, 6) is -2.24. The largest absolute Gasteiger partial charge is 0.300 e. The van der Waals surface area contributed by atoms with Crippen LogP contribution in [0.25, 0.3) is 0 Å². The summed E-state index contributed by atoms with van der Waals surface area (Å²) in [6.07, 6.45) is -0.175. The molecule has 2 atom stereocenters. The van der Waals surface area contributed by atoms with E-state index in [2.05, 4.69) is 0 Å². The van der Waals surface area contributed by atoms with Crippen LogP contribution in [-0.2, 0) is 4.79 Å². The lowest BCUT2D eigenvalue weighted by atomic mass is 9.83. The highest BCUT2D eigenvalue weighted by Gasteiger charge is 2.47. The van der Waals surface area contributed by atoms with Gasteiger partial charge in [0.2, 0.25) is 5.91 Å². The summed E-state index contributed by atoms with van der Waals surface area (Å²) < 4.78 is 0. The number of rotatable bonds is 6. The Morgan fingerprint density at radius 2 is 1.35 bits per heavy atom. The first-order valence-corrected chi connectivity index (χ1v) is 10.1. The predicted molar refractivity (Wildman–Crippen MR) is 117 cm³/mol. The van der Waals surface area contributed by atoms with Crippen molar-refractivity contribution in [3.05, 3.63) is 102 Å². The molecule has 1 amide bonds. The van der Waals surface area contributed by atoms with Crippen LogP contribution >= 0.6 is 0 Å². The van der Waals surface area contributed by atoms with Gasteiger partial charge >= 0.3 is 0 Å². The van der Waals surface area contributed by atoms with E-state index in [0.29, 0.717) is 22.4 Å². The van der Waals surface area contributed by atoms with E-state index < -0.39 is 12.0 Å². The van der Waals surface area contributed by atoms with Crippen molar-refractivity contribution in [1.29, 1.82) is 0 Å². The van der Waals surface area contributed by atoms with E-state index in [9.17, 15) is 19.2 Å². The van der Waals surface area contributed by atoms with Gasteiger partial charge in [-0.05, 0) is 12.1 Å². The summed E-state index contributed by atoms with van der Waals surface area (Å²) in [6.45, 7) is 1.37. The summed E-state index contributed by atoms with van der Waals surface area (Å²) in [5, 5.41) is 0. The van der Waals surface area contributed by atoms with E-state index in [1.807, 2.05) is 0 Å². The second-order valence-electron chi connectivity index (χ2n) is 7.55. The van der Waals surface area contributed by atoms with Crippen molar-refractivity contribution in [1.82, 2.24) is 0 Å². The molecule has 0 aliphatic carbocycles. The zero-order chi connectivity index (χ0) is 22.0. The van der Waals surface area contributed by atoms with Crippen molar-refractivity contribution in [3.8, 4) is 0 Å². The molecule has 31 heavy (non-hydrogen) atoms. The molecule has 1 aliphatic rings. The van der Waals surface area contributed by atoms with E-state index >= 15 is 0 Å². The molecule has 0 saturated carbocycles. The number of amides is 1. The monoisotopic (exact) mass is 411 g/mol. The average molecular weight is 411 g/mol. The summed E-state index contributed by atoms with van der Waals surface area (Å²) >= 11 is 0. The molecule has 4 rings (SSSR count). The molecule has 5 nitrogen and oxygen atoms in total. The van der Waals surface area contributed by atoms with Crippen molar-refractivity contribution in [2.24, 2.45) is 5.92 Å². The summed E-state index contributed by atoms with van der Waals surface area (Å²) in [4.78, 5) is 53.8. The molecule has 154 valence electrons. The second-order valence-corrected chi connectivity index (χ2v) is 7.55. The van der Waals surface area contributed by atoms with Crippen LogP contribution in [0.3, 0.4) is 0 Å². The van der Waals surface area contributed by atoms with Crippen molar-refractivity contribution in [2.45, 2.75) is 19.4 Å². The molecule has 0 spiro atoms. The van der Waals surface area contributed by atoms with Crippen LogP contribution in [-0.4, -0.2) is 29.3 Å². The van der Waals surface area contributed by atoms with Gasteiger partial charge in [-0.15, -0.1) is 0 Å². The number of anilines is 1. The Labute approximate surface area is 180 Å². The molecule has 0 aromatic heterocycles. The Morgan fingerprint density at radius 3 is 1.97 bits per heavy atom. The first kappa shape index (κ1) is 20.4. The van der Waals surface area contributed by atoms with Crippen LogP contribution in [0, 0.1) is 5.92 Å². The quantitative estimate of drug-likeness (QED) is 0.565. The molecule has 5 heteroatoms. The first-order chi connectivity index (χ1) is 15.0. The van der Waals surface area contributed by atoms with E-state index in [0.717, 1.165) is 0 Å². The Balaban J connectivity index is 1.78. The van der Waals surface area contributed by atoms with Gasteiger partial charge in [0.15, 0.2) is 17.3 Å². The molecular formula is C26H21NO4. The predicted octanol–water partition coefficient (Wildman–Crippen LogP) is 4.38. The van der Waals surface area contributed by atoms with Crippen LogP contribution in [0.4, 0.5) is 5.69 Å². The molecule has 1 heterocycles. The smallest absolute Gasteiger partial charge is 0.224 e. The zero-order valence-corrected chi connectivity index (χ0v) is 17.0. The third-order valence-electron chi connectivity index (χ3n) is 5.59. The van der Waals surface area contributed by atoms with Crippen molar-refractivity contribution >= 4 is 28.9 Å². The van der Waals surface area contributed by atoms with E-state index in [1.165, 1.54) is 11.8 Å². The Hall–Kier alpha value is -3.86. The molecular weight excluding hydrogens is 390 g/mol. The topological polar surface area (TPSA) is 71.5 Å². The molecule has 0 N–H and O–H groups in total. The minimum absolute atomic E-state index is 0.175. The number of ketones is 3. The number of carbonyl (C=O) groups excluding carboxylic acids is 4. The minimum atomic E-state index is -1.06.